The summed E-state index contributed by atoms with van der Waals surface area (Å²) >= 11 is 0. The van der Waals surface area contributed by atoms with Gasteiger partial charge in [-0.3, -0.25) is 0 Å². The van der Waals surface area contributed by atoms with Gasteiger partial charge in [0.1, 0.15) is 5.52 Å². The number of hydrogen-bond acceptors (Lipinski definition) is 4. The highest BCUT2D eigenvalue weighted by molar-refractivity contribution is 5.72. The van der Waals surface area contributed by atoms with Gasteiger partial charge in [-0.15, -0.1) is 0 Å². The summed E-state index contributed by atoms with van der Waals surface area (Å²) in [7, 11) is 3.82. The highest BCUT2D eigenvalue weighted by Crippen LogP contribution is 2.17. The minimum atomic E-state index is 0.143. The third-order valence-corrected chi connectivity index (χ3v) is 2.27. The van der Waals surface area contributed by atoms with E-state index in [1.807, 2.05) is 32.3 Å². The van der Waals surface area contributed by atoms with E-state index in [-0.39, 0.29) is 6.17 Å². The largest absolute Gasteiger partial charge is 0.443 e. The molecule has 4 heteroatoms. The molecule has 0 amide bonds. The van der Waals surface area contributed by atoms with E-state index >= 15 is 0 Å². The van der Waals surface area contributed by atoms with Gasteiger partial charge in [-0.25, -0.2) is 4.98 Å². The van der Waals surface area contributed by atoms with E-state index in [4.69, 9.17) is 4.42 Å². The van der Waals surface area contributed by atoms with Gasteiger partial charge in [0.15, 0.2) is 12.0 Å². The summed E-state index contributed by atoms with van der Waals surface area (Å²) < 4.78 is 5.23. The van der Waals surface area contributed by atoms with Gasteiger partial charge in [-0.2, -0.15) is 0 Å². The molecule has 0 saturated carbocycles. The molecule has 0 bridgehead atoms. The minimum Gasteiger partial charge on any atom is -0.443 e. The molecule has 14 heavy (non-hydrogen) atoms. The predicted molar refractivity (Wildman–Crippen MR) is 54.9 cm³/mol. The third kappa shape index (κ3) is 1.49. The zero-order chi connectivity index (χ0) is 9.97. The Kier molecular flexibility index (Phi) is 2.47. The van der Waals surface area contributed by atoms with E-state index in [0.717, 1.165) is 16.7 Å². The van der Waals surface area contributed by atoms with Crippen LogP contribution < -0.4 is 10.6 Å². The van der Waals surface area contributed by atoms with Gasteiger partial charge in [0, 0.05) is 0 Å². The second-order valence-electron chi connectivity index (χ2n) is 3.09. The lowest BCUT2D eigenvalue weighted by Crippen LogP contribution is -2.28. The molecule has 0 saturated heterocycles. The second kappa shape index (κ2) is 3.77. The van der Waals surface area contributed by atoms with Crippen LogP contribution in [0.5, 0.6) is 0 Å². The van der Waals surface area contributed by atoms with Crippen LogP contribution in [0.4, 0.5) is 0 Å². The molecule has 1 aromatic carbocycles. The minimum absolute atomic E-state index is 0.143. The van der Waals surface area contributed by atoms with Crippen molar-refractivity contribution < 1.29 is 4.42 Å². The molecule has 0 aliphatic rings. The van der Waals surface area contributed by atoms with Gasteiger partial charge in [0.05, 0.1) is 6.17 Å². The Morgan fingerprint density at radius 2 is 2.07 bits per heavy atom. The number of oxazole rings is 1. The van der Waals surface area contributed by atoms with Gasteiger partial charge in [-0.1, -0.05) is 6.07 Å². The zero-order valence-electron chi connectivity index (χ0n) is 8.24. The Balaban J connectivity index is 2.42. The normalized spacial score (nSPS) is 11.4. The average Bonchev–Trinajstić information content (AvgIpc) is 2.66. The lowest BCUT2D eigenvalue weighted by Gasteiger charge is -2.14. The Hall–Kier alpha value is -1.39. The van der Waals surface area contributed by atoms with E-state index in [0.29, 0.717) is 0 Å². The maximum atomic E-state index is 5.23. The summed E-state index contributed by atoms with van der Waals surface area (Å²) in [5.41, 5.74) is 2.84. The number of benzene rings is 1. The molecule has 1 aromatic heterocycles. The topological polar surface area (TPSA) is 50.1 Å². The van der Waals surface area contributed by atoms with Crippen LogP contribution in [0.3, 0.4) is 0 Å². The quantitative estimate of drug-likeness (QED) is 0.717. The fraction of sp³-hybridized carbons (Fsp3) is 0.300. The van der Waals surface area contributed by atoms with Crippen LogP contribution in [-0.4, -0.2) is 19.1 Å². The molecule has 0 aliphatic heterocycles. The van der Waals surface area contributed by atoms with E-state index in [1.165, 1.54) is 6.39 Å². The molecular formula is C10H13N3O. The summed E-state index contributed by atoms with van der Waals surface area (Å²) in [5.74, 6) is 0. The summed E-state index contributed by atoms with van der Waals surface area (Å²) in [6.45, 7) is 0. The zero-order valence-corrected chi connectivity index (χ0v) is 8.24. The molecule has 0 fully saturated rings. The Bertz CT molecular complexity index is 420. The number of hydrogen-bond donors (Lipinski definition) is 2. The van der Waals surface area contributed by atoms with Crippen LogP contribution in [0.1, 0.15) is 11.7 Å². The first kappa shape index (κ1) is 9.18. The fourth-order valence-corrected chi connectivity index (χ4v) is 1.53. The average molecular weight is 191 g/mol. The molecule has 2 rings (SSSR count). The lowest BCUT2D eigenvalue weighted by molar-refractivity contribution is 0.519. The van der Waals surface area contributed by atoms with Gasteiger partial charge in [0.25, 0.3) is 0 Å². The van der Waals surface area contributed by atoms with Crippen molar-refractivity contribution in [3.8, 4) is 0 Å². The summed E-state index contributed by atoms with van der Waals surface area (Å²) in [5, 5.41) is 6.30. The first-order valence-corrected chi connectivity index (χ1v) is 4.53. The van der Waals surface area contributed by atoms with E-state index in [2.05, 4.69) is 15.6 Å². The standard InChI is InChI=1S/C10H13N3O/c1-11-10(12-2)7-3-4-8-9(5-7)14-6-13-8/h3-6,10-12H,1-2H3. The fourth-order valence-electron chi connectivity index (χ4n) is 1.53. The summed E-state index contributed by atoms with van der Waals surface area (Å²) in [6, 6.07) is 5.97. The molecule has 0 radical (unpaired) electrons. The number of aromatic nitrogens is 1. The van der Waals surface area contributed by atoms with Crippen LogP contribution in [-0.2, 0) is 0 Å². The van der Waals surface area contributed by atoms with E-state index in [9.17, 15) is 0 Å². The smallest absolute Gasteiger partial charge is 0.181 e. The third-order valence-electron chi connectivity index (χ3n) is 2.27. The van der Waals surface area contributed by atoms with Crippen LogP contribution in [0.15, 0.2) is 29.0 Å². The first-order valence-electron chi connectivity index (χ1n) is 4.53. The van der Waals surface area contributed by atoms with Crippen LogP contribution in [0, 0.1) is 0 Å². The van der Waals surface area contributed by atoms with Gasteiger partial charge < -0.3 is 15.1 Å². The highest BCUT2D eigenvalue weighted by atomic mass is 16.3. The summed E-state index contributed by atoms with van der Waals surface area (Å²) in [6.07, 6.45) is 1.60. The molecule has 0 spiro atoms. The molecule has 74 valence electrons. The van der Waals surface area contributed by atoms with Crippen molar-refractivity contribution >= 4 is 11.1 Å². The SMILES string of the molecule is CNC(NC)c1ccc2ncoc2c1. The molecule has 0 aliphatic carbocycles. The number of nitrogens with one attached hydrogen (secondary N) is 2. The molecule has 4 nitrogen and oxygen atoms in total. The molecule has 1 heterocycles. The first-order chi connectivity index (χ1) is 6.85. The number of nitrogens with zero attached hydrogens (tertiary/aromatic N) is 1. The maximum Gasteiger partial charge on any atom is 0.181 e. The van der Waals surface area contributed by atoms with Crippen molar-refractivity contribution in [1.82, 2.24) is 15.6 Å². The van der Waals surface area contributed by atoms with Crippen molar-refractivity contribution in [3.63, 3.8) is 0 Å². The van der Waals surface area contributed by atoms with Gasteiger partial charge >= 0.3 is 0 Å². The van der Waals surface area contributed by atoms with Crippen LogP contribution in [0.25, 0.3) is 11.1 Å². The Labute approximate surface area is 82.3 Å². The number of fused-ring (bicyclic) bond motifs is 1. The van der Waals surface area contributed by atoms with Crippen molar-refractivity contribution in [2.45, 2.75) is 6.17 Å². The Morgan fingerprint density at radius 3 is 2.79 bits per heavy atom. The highest BCUT2D eigenvalue weighted by Gasteiger charge is 2.07. The van der Waals surface area contributed by atoms with Crippen molar-refractivity contribution in [3.05, 3.63) is 30.2 Å². The van der Waals surface area contributed by atoms with Gasteiger partial charge in [0.2, 0.25) is 0 Å². The van der Waals surface area contributed by atoms with Crippen molar-refractivity contribution in [2.24, 2.45) is 0 Å². The monoisotopic (exact) mass is 191 g/mol. The van der Waals surface area contributed by atoms with Gasteiger partial charge in [-0.05, 0) is 31.8 Å². The maximum absolute atomic E-state index is 5.23. The number of rotatable bonds is 3. The van der Waals surface area contributed by atoms with E-state index in [1.54, 1.807) is 0 Å². The van der Waals surface area contributed by atoms with E-state index < -0.39 is 0 Å². The summed E-state index contributed by atoms with van der Waals surface area (Å²) in [4.78, 5) is 4.06. The van der Waals surface area contributed by atoms with Crippen LogP contribution in [0.2, 0.25) is 0 Å². The Morgan fingerprint density at radius 1 is 1.29 bits per heavy atom. The van der Waals surface area contributed by atoms with Crippen LogP contribution >= 0.6 is 0 Å². The molecule has 2 aromatic rings. The second-order valence-corrected chi connectivity index (χ2v) is 3.09. The predicted octanol–water partition coefficient (Wildman–Crippen LogP) is 1.27. The lowest BCUT2D eigenvalue weighted by atomic mass is 10.1. The molecule has 2 N–H and O–H groups in total. The van der Waals surface area contributed by atoms with Crippen molar-refractivity contribution in [1.29, 1.82) is 0 Å². The van der Waals surface area contributed by atoms with Crippen molar-refractivity contribution in [2.75, 3.05) is 14.1 Å². The molecular weight excluding hydrogens is 178 g/mol. The molecule has 0 unspecified atom stereocenters. The molecule has 0 atom stereocenters.